The zero-order valence-corrected chi connectivity index (χ0v) is 20.6. The molecule has 1 N–H and O–H groups in total. The molecule has 12 heteroatoms. The van der Waals surface area contributed by atoms with Crippen molar-refractivity contribution in [2.45, 2.75) is 24.8 Å². The highest BCUT2D eigenvalue weighted by molar-refractivity contribution is 7.91. The molecule has 1 saturated heterocycles. The lowest BCUT2D eigenvalue weighted by molar-refractivity contribution is 0.0730. The fraction of sp³-hybridized carbons (Fsp3) is 0.304. The third-order valence-corrected chi connectivity index (χ3v) is 8.95. The minimum absolute atomic E-state index is 0.0335. The molecule has 0 bridgehead atoms. The van der Waals surface area contributed by atoms with Crippen molar-refractivity contribution in [3.63, 3.8) is 0 Å². The van der Waals surface area contributed by atoms with E-state index in [-0.39, 0.29) is 28.0 Å². The van der Waals surface area contributed by atoms with Crippen LogP contribution in [0.15, 0.2) is 48.4 Å². The molecule has 1 fully saturated rings. The second-order valence-electron chi connectivity index (χ2n) is 8.03. The molecule has 4 aromatic rings. The highest BCUT2D eigenvalue weighted by atomic mass is 32.2. The van der Waals surface area contributed by atoms with E-state index in [0.717, 1.165) is 11.3 Å². The summed E-state index contributed by atoms with van der Waals surface area (Å²) in [5.41, 5.74) is 0.464. The molecule has 1 aromatic carbocycles. The minimum Gasteiger partial charge on any atom is -0.507 e. The van der Waals surface area contributed by atoms with Crippen LogP contribution in [0.3, 0.4) is 0 Å². The number of aromatic hydroxyl groups is 1. The first-order valence-electron chi connectivity index (χ1n) is 10.8. The number of aromatic nitrogens is 1. The van der Waals surface area contributed by atoms with Crippen molar-refractivity contribution < 1.29 is 31.8 Å². The van der Waals surface area contributed by atoms with Gasteiger partial charge in [0.15, 0.2) is 11.5 Å². The van der Waals surface area contributed by atoms with Gasteiger partial charge in [-0.25, -0.2) is 18.2 Å². The van der Waals surface area contributed by atoms with Gasteiger partial charge in [-0.15, -0.1) is 11.3 Å². The number of hydrogen-bond donors (Lipinski definition) is 1. The second kappa shape index (κ2) is 9.11. The van der Waals surface area contributed by atoms with Crippen molar-refractivity contribution in [2.75, 3.05) is 26.3 Å². The van der Waals surface area contributed by atoms with E-state index in [1.165, 1.54) is 17.4 Å². The van der Waals surface area contributed by atoms with Gasteiger partial charge in [0.2, 0.25) is 4.34 Å². The molecule has 1 aliphatic rings. The van der Waals surface area contributed by atoms with Crippen LogP contribution < -0.4 is 10.4 Å². The summed E-state index contributed by atoms with van der Waals surface area (Å²) in [7, 11) is -3.65. The van der Waals surface area contributed by atoms with Gasteiger partial charge in [0.1, 0.15) is 23.7 Å². The van der Waals surface area contributed by atoms with Crippen LogP contribution in [0.5, 0.6) is 11.5 Å². The highest BCUT2D eigenvalue weighted by Crippen LogP contribution is 2.35. The summed E-state index contributed by atoms with van der Waals surface area (Å²) < 4.78 is 49.1. The molecule has 0 amide bonds. The van der Waals surface area contributed by atoms with Crippen molar-refractivity contribution >= 4 is 32.3 Å². The number of morpholine rings is 1. The van der Waals surface area contributed by atoms with Crippen molar-refractivity contribution in [2.24, 2.45) is 0 Å². The predicted octanol–water partition coefficient (Wildman–Crippen LogP) is 3.43. The molecule has 35 heavy (non-hydrogen) atoms. The monoisotopic (exact) mass is 518 g/mol. The van der Waals surface area contributed by atoms with Crippen molar-refractivity contribution in [3.05, 3.63) is 56.9 Å². The van der Waals surface area contributed by atoms with Gasteiger partial charge in [0.05, 0.1) is 23.7 Å². The molecule has 10 nitrogen and oxygen atoms in total. The summed E-state index contributed by atoms with van der Waals surface area (Å²) in [6, 6.07) is 6.90. The van der Waals surface area contributed by atoms with Gasteiger partial charge in [0, 0.05) is 30.2 Å². The summed E-state index contributed by atoms with van der Waals surface area (Å²) in [6.45, 7) is 4.64. The zero-order valence-electron chi connectivity index (χ0n) is 18.9. The molecule has 3 aromatic heterocycles. The van der Waals surface area contributed by atoms with E-state index in [9.17, 15) is 18.3 Å². The maximum Gasteiger partial charge on any atom is 0.343 e. The molecule has 4 heterocycles. The molecule has 5 rings (SSSR count). The van der Waals surface area contributed by atoms with Gasteiger partial charge in [-0.1, -0.05) is 0 Å². The normalized spacial score (nSPS) is 15.0. The number of rotatable bonds is 6. The second-order valence-corrected chi connectivity index (χ2v) is 11.3. The highest BCUT2D eigenvalue weighted by Gasteiger charge is 2.29. The first-order valence-corrected chi connectivity index (χ1v) is 13.0. The average molecular weight is 519 g/mol. The van der Waals surface area contributed by atoms with Gasteiger partial charge in [-0.2, -0.15) is 4.31 Å². The summed E-state index contributed by atoms with van der Waals surface area (Å²) >= 11 is 1.07. The van der Waals surface area contributed by atoms with Crippen LogP contribution in [0.4, 0.5) is 0 Å². The van der Waals surface area contributed by atoms with Gasteiger partial charge < -0.3 is 23.4 Å². The number of ether oxygens (including phenoxy) is 2. The van der Waals surface area contributed by atoms with Crippen LogP contribution in [0.25, 0.3) is 22.5 Å². The van der Waals surface area contributed by atoms with E-state index >= 15 is 0 Å². The average Bonchev–Trinajstić information content (AvgIpc) is 3.51. The Hall–Kier alpha value is -3.19. The predicted molar refractivity (Wildman–Crippen MR) is 127 cm³/mol. The summed E-state index contributed by atoms with van der Waals surface area (Å²) in [6.07, 6.45) is 1.50. The molecule has 0 aliphatic carbocycles. The molecular weight excluding hydrogens is 496 g/mol. The lowest BCUT2D eigenvalue weighted by Gasteiger charge is -2.24. The van der Waals surface area contributed by atoms with E-state index in [1.54, 1.807) is 31.2 Å². The van der Waals surface area contributed by atoms with Crippen LogP contribution in [-0.4, -0.2) is 49.1 Å². The molecule has 184 valence electrons. The topological polar surface area (TPSA) is 132 Å². The first kappa shape index (κ1) is 23.5. The summed E-state index contributed by atoms with van der Waals surface area (Å²) in [5, 5.41) is 10.9. The van der Waals surface area contributed by atoms with Crippen molar-refractivity contribution in [3.8, 4) is 23.0 Å². The van der Waals surface area contributed by atoms with Gasteiger partial charge in [-0.05, 0) is 38.1 Å². The molecule has 1 aliphatic heterocycles. The smallest absolute Gasteiger partial charge is 0.343 e. The van der Waals surface area contributed by atoms with Crippen LogP contribution >= 0.6 is 11.3 Å². The Morgan fingerprint density at radius 1 is 1.14 bits per heavy atom. The summed E-state index contributed by atoms with van der Waals surface area (Å²) in [4.78, 5) is 16.7. The van der Waals surface area contributed by atoms with Crippen LogP contribution in [0.1, 0.15) is 16.0 Å². The SMILES string of the molecule is Cc1c(-c2cc3cc(OCc4cnc(S(=O)(=O)N5CCOCC5)s4)ccc3o2)oc(=O)c(C)c1O. The first-order chi connectivity index (χ1) is 16.7. The maximum absolute atomic E-state index is 12.7. The molecular formula is C23H22N2O8S2. The Labute approximate surface area is 204 Å². The third kappa shape index (κ3) is 4.45. The maximum atomic E-state index is 12.7. The molecule has 0 atom stereocenters. The Kier molecular flexibility index (Phi) is 6.13. The minimum atomic E-state index is -3.65. The third-order valence-electron chi connectivity index (χ3n) is 5.71. The fourth-order valence-electron chi connectivity index (χ4n) is 3.72. The Morgan fingerprint density at radius 2 is 1.91 bits per heavy atom. The van der Waals surface area contributed by atoms with Crippen LogP contribution in [0.2, 0.25) is 0 Å². The standard InChI is InChI=1S/C23H22N2O8S2/c1-13-20(26)14(2)22(27)33-21(13)19-10-15-9-16(3-4-18(15)32-19)31-12-17-11-24-23(34-17)35(28,29)25-5-7-30-8-6-25/h3-4,9-11,26H,5-8,12H2,1-2H3. The Balaban J connectivity index is 1.33. The largest absolute Gasteiger partial charge is 0.507 e. The Morgan fingerprint density at radius 3 is 2.69 bits per heavy atom. The molecule has 0 unspecified atom stereocenters. The summed E-state index contributed by atoms with van der Waals surface area (Å²) in [5.74, 6) is 0.888. The molecule has 0 saturated carbocycles. The lowest BCUT2D eigenvalue weighted by Crippen LogP contribution is -2.40. The van der Waals surface area contributed by atoms with Crippen LogP contribution in [0, 0.1) is 13.8 Å². The fourth-order valence-corrected chi connectivity index (χ4v) is 6.36. The van der Waals surface area contributed by atoms with E-state index in [2.05, 4.69) is 4.98 Å². The number of thiazole rings is 1. The number of nitrogens with zero attached hydrogens (tertiary/aromatic N) is 2. The van der Waals surface area contributed by atoms with E-state index in [4.69, 9.17) is 18.3 Å². The van der Waals surface area contributed by atoms with E-state index in [0.29, 0.717) is 59.2 Å². The number of fused-ring (bicyclic) bond motifs is 1. The molecule has 0 radical (unpaired) electrons. The molecule has 0 spiro atoms. The van der Waals surface area contributed by atoms with Crippen LogP contribution in [-0.2, 0) is 21.4 Å². The van der Waals surface area contributed by atoms with E-state index in [1.807, 2.05) is 0 Å². The number of furan rings is 1. The number of hydrogen-bond acceptors (Lipinski definition) is 10. The van der Waals surface area contributed by atoms with Gasteiger partial charge in [0.25, 0.3) is 10.0 Å². The van der Waals surface area contributed by atoms with Crippen molar-refractivity contribution in [1.29, 1.82) is 0 Å². The Bertz CT molecular complexity index is 1560. The quantitative estimate of drug-likeness (QED) is 0.408. The van der Waals surface area contributed by atoms with Crippen molar-refractivity contribution in [1.82, 2.24) is 9.29 Å². The van der Waals surface area contributed by atoms with Gasteiger partial charge in [-0.3, -0.25) is 0 Å². The number of benzene rings is 1. The zero-order chi connectivity index (χ0) is 24.7. The lowest BCUT2D eigenvalue weighted by atomic mass is 10.1. The van der Waals surface area contributed by atoms with E-state index < -0.39 is 15.6 Å². The number of sulfonamides is 1. The van der Waals surface area contributed by atoms with Gasteiger partial charge >= 0.3 is 5.63 Å².